The van der Waals surface area contributed by atoms with Gasteiger partial charge in [0.1, 0.15) is 11.4 Å². The van der Waals surface area contributed by atoms with Gasteiger partial charge in [-0.2, -0.15) is 13.5 Å². The molecule has 1 N–H and O–H groups in total. The number of thioether (sulfide) groups is 2. The van der Waals surface area contributed by atoms with E-state index in [9.17, 15) is 13.6 Å². The van der Waals surface area contributed by atoms with Gasteiger partial charge in [-0.25, -0.2) is 0 Å². The van der Waals surface area contributed by atoms with Crippen LogP contribution >= 0.6 is 23.5 Å². The number of ether oxygens (including phenoxy) is 1. The van der Waals surface area contributed by atoms with Crippen molar-refractivity contribution in [3.63, 3.8) is 0 Å². The first-order valence-corrected chi connectivity index (χ1v) is 9.82. The minimum Gasteiger partial charge on any atom is -0.494 e. The fraction of sp³-hybridized carbons (Fsp3) is 0.176. The summed E-state index contributed by atoms with van der Waals surface area (Å²) < 4.78 is 31.5. The molecule has 3 aromatic rings. The highest BCUT2D eigenvalue weighted by Gasteiger charge is 2.14. The van der Waals surface area contributed by atoms with Gasteiger partial charge in [-0.15, -0.1) is 5.10 Å². The van der Waals surface area contributed by atoms with Crippen molar-refractivity contribution in [2.45, 2.75) is 15.8 Å². The first-order valence-electron chi connectivity index (χ1n) is 7.96. The molecule has 0 fully saturated rings. The van der Waals surface area contributed by atoms with E-state index in [2.05, 4.69) is 20.8 Å². The van der Waals surface area contributed by atoms with Gasteiger partial charge in [-0.3, -0.25) is 4.79 Å². The van der Waals surface area contributed by atoms with Crippen LogP contribution in [0.25, 0.3) is 5.69 Å². The average molecular weight is 423 g/mol. The number of carbonyl (C=O) groups excluding carboxylic acids is 1. The number of amides is 1. The van der Waals surface area contributed by atoms with Gasteiger partial charge in [-0.1, -0.05) is 35.7 Å². The molecule has 7 nitrogen and oxygen atoms in total. The Morgan fingerprint density at radius 3 is 2.68 bits per heavy atom. The van der Waals surface area contributed by atoms with Crippen LogP contribution in [0.15, 0.2) is 58.6 Å². The smallest absolute Gasteiger partial charge is 0.288 e. The second-order valence-corrected chi connectivity index (χ2v) is 7.29. The Morgan fingerprint density at radius 2 is 1.96 bits per heavy atom. The average Bonchev–Trinajstić information content (AvgIpc) is 3.16. The summed E-state index contributed by atoms with van der Waals surface area (Å²) in [4.78, 5) is 12.6. The summed E-state index contributed by atoms with van der Waals surface area (Å²) in [5, 5.41) is 14.7. The molecule has 0 radical (unpaired) electrons. The van der Waals surface area contributed by atoms with Gasteiger partial charge >= 0.3 is 0 Å². The van der Waals surface area contributed by atoms with Crippen LogP contribution in [0.1, 0.15) is 0 Å². The summed E-state index contributed by atoms with van der Waals surface area (Å²) >= 11 is 1.61. The van der Waals surface area contributed by atoms with Gasteiger partial charge in [-0.05, 0) is 46.8 Å². The number of benzene rings is 2. The number of halogens is 2. The molecule has 146 valence electrons. The van der Waals surface area contributed by atoms with Crippen LogP contribution in [0.2, 0.25) is 0 Å². The van der Waals surface area contributed by atoms with Crippen molar-refractivity contribution >= 4 is 35.1 Å². The molecular weight excluding hydrogens is 408 g/mol. The van der Waals surface area contributed by atoms with E-state index in [-0.39, 0.29) is 11.7 Å². The van der Waals surface area contributed by atoms with Crippen LogP contribution in [-0.2, 0) is 4.79 Å². The zero-order valence-corrected chi connectivity index (χ0v) is 16.2. The zero-order valence-electron chi connectivity index (χ0n) is 14.6. The fourth-order valence-corrected chi connectivity index (χ4v) is 3.45. The standard InChI is InChI=1S/C17H15F2N5O2S2/c1-26-14-5-3-2-4-13(14)24-17(21-22-23-24)27-10-15(25)20-11-6-8-12(9-7-11)28-16(18)19/h2-9,16H,10H2,1H3,(H,20,25). The van der Waals surface area contributed by atoms with E-state index >= 15 is 0 Å². The van der Waals surface area contributed by atoms with Gasteiger partial charge in [0, 0.05) is 10.6 Å². The Bertz CT molecular complexity index is 937. The van der Waals surface area contributed by atoms with Gasteiger partial charge < -0.3 is 10.1 Å². The maximum Gasteiger partial charge on any atom is 0.288 e. The van der Waals surface area contributed by atoms with Crippen molar-refractivity contribution in [2.24, 2.45) is 0 Å². The van der Waals surface area contributed by atoms with Gasteiger partial charge in [0.15, 0.2) is 0 Å². The van der Waals surface area contributed by atoms with E-state index in [1.807, 2.05) is 12.1 Å². The Hall–Kier alpha value is -2.66. The number of carbonyl (C=O) groups is 1. The molecule has 1 heterocycles. The molecule has 2 aromatic carbocycles. The zero-order chi connectivity index (χ0) is 19.9. The SMILES string of the molecule is COc1ccccc1-n1nnnc1SCC(=O)Nc1ccc(SC(F)F)cc1. The van der Waals surface area contributed by atoms with E-state index in [1.165, 1.54) is 16.8 Å². The summed E-state index contributed by atoms with van der Waals surface area (Å²) in [6.45, 7) is 0. The number of para-hydroxylation sites is 2. The number of anilines is 1. The number of rotatable bonds is 8. The number of tetrazole rings is 1. The lowest BCUT2D eigenvalue weighted by molar-refractivity contribution is -0.113. The molecule has 0 saturated carbocycles. The van der Waals surface area contributed by atoms with E-state index in [0.29, 0.717) is 38.9 Å². The minimum absolute atomic E-state index is 0.0725. The predicted octanol–water partition coefficient (Wildman–Crippen LogP) is 3.72. The van der Waals surface area contributed by atoms with Crippen molar-refractivity contribution in [1.29, 1.82) is 0 Å². The quantitative estimate of drug-likeness (QED) is 0.553. The molecule has 1 aromatic heterocycles. The topological polar surface area (TPSA) is 81.9 Å². The second kappa shape index (κ2) is 9.51. The lowest BCUT2D eigenvalue weighted by Gasteiger charge is -2.09. The summed E-state index contributed by atoms with van der Waals surface area (Å²) in [6.07, 6.45) is 0. The van der Waals surface area contributed by atoms with E-state index in [4.69, 9.17) is 4.74 Å². The van der Waals surface area contributed by atoms with Crippen LogP contribution < -0.4 is 10.1 Å². The molecule has 0 aliphatic rings. The molecule has 0 atom stereocenters. The Labute approximate surface area is 167 Å². The predicted molar refractivity (Wildman–Crippen MR) is 103 cm³/mol. The molecule has 11 heteroatoms. The Kier molecular flexibility index (Phi) is 6.82. The van der Waals surface area contributed by atoms with Crippen LogP contribution in [0.3, 0.4) is 0 Å². The van der Waals surface area contributed by atoms with Crippen molar-refractivity contribution in [1.82, 2.24) is 20.2 Å². The molecule has 3 rings (SSSR count). The Balaban J connectivity index is 1.61. The Morgan fingerprint density at radius 1 is 1.21 bits per heavy atom. The van der Waals surface area contributed by atoms with Gasteiger partial charge in [0.25, 0.3) is 5.76 Å². The third-order valence-corrected chi connectivity index (χ3v) is 5.09. The number of aromatic nitrogens is 4. The first-order chi connectivity index (χ1) is 13.6. The molecule has 28 heavy (non-hydrogen) atoms. The number of alkyl halides is 2. The summed E-state index contributed by atoms with van der Waals surface area (Å²) in [5.41, 5.74) is 1.18. The van der Waals surface area contributed by atoms with E-state index in [1.54, 1.807) is 31.4 Å². The molecule has 0 spiro atoms. The maximum absolute atomic E-state index is 12.3. The number of methoxy groups -OCH3 is 1. The number of hydrogen-bond donors (Lipinski definition) is 1. The lowest BCUT2D eigenvalue weighted by atomic mass is 10.3. The first kappa shape index (κ1) is 20.1. The van der Waals surface area contributed by atoms with Crippen molar-refractivity contribution < 1.29 is 18.3 Å². The highest BCUT2D eigenvalue weighted by Crippen LogP contribution is 2.27. The summed E-state index contributed by atoms with van der Waals surface area (Å²) in [6, 6.07) is 13.5. The van der Waals surface area contributed by atoms with Crippen LogP contribution in [-0.4, -0.2) is 44.7 Å². The third-order valence-electron chi connectivity index (χ3n) is 3.45. The molecule has 1 amide bonds. The molecule has 0 saturated heterocycles. The monoisotopic (exact) mass is 423 g/mol. The molecule has 0 aliphatic carbocycles. The van der Waals surface area contributed by atoms with Crippen molar-refractivity contribution in [3.05, 3.63) is 48.5 Å². The summed E-state index contributed by atoms with van der Waals surface area (Å²) in [7, 11) is 1.55. The van der Waals surface area contributed by atoms with Crippen molar-refractivity contribution in [2.75, 3.05) is 18.2 Å². The molecular formula is C17H15F2N5O2S2. The second-order valence-electron chi connectivity index (χ2n) is 5.28. The van der Waals surface area contributed by atoms with E-state index in [0.717, 1.165) is 11.8 Å². The highest BCUT2D eigenvalue weighted by molar-refractivity contribution is 8.00. The maximum atomic E-state index is 12.3. The van der Waals surface area contributed by atoms with Crippen molar-refractivity contribution in [3.8, 4) is 11.4 Å². The van der Waals surface area contributed by atoms with Gasteiger partial charge in [0.05, 0.1) is 12.9 Å². The largest absolute Gasteiger partial charge is 0.494 e. The van der Waals surface area contributed by atoms with Crippen LogP contribution in [0.5, 0.6) is 5.75 Å². The normalized spacial score (nSPS) is 10.9. The molecule has 0 bridgehead atoms. The molecule has 0 unspecified atom stereocenters. The van der Waals surface area contributed by atoms with Crippen LogP contribution in [0.4, 0.5) is 14.5 Å². The number of hydrogen-bond acceptors (Lipinski definition) is 7. The fourth-order valence-electron chi connectivity index (χ4n) is 2.27. The van der Waals surface area contributed by atoms with Gasteiger partial charge in [0.2, 0.25) is 11.1 Å². The minimum atomic E-state index is -2.48. The van der Waals surface area contributed by atoms with E-state index < -0.39 is 5.76 Å². The lowest BCUT2D eigenvalue weighted by Crippen LogP contribution is -2.14. The third kappa shape index (κ3) is 5.20. The molecule has 0 aliphatic heterocycles. The number of nitrogens with zero attached hydrogens (tertiary/aromatic N) is 4. The summed E-state index contributed by atoms with van der Waals surface area (Å²) in [5.74, 6) is -2.08. The highest BCUT2D eigenvalue weighted by atomic mass is 32.2. The van der Waals surface area contributed by atoms with Crippen LogP contribution in [0, 0.1) is 0 Å². The number of nitrogens with one attached hydrogen (secondary N) is 1.